The Morgan fingerprint density at radius 2 is 0.837 bits per heavy atom. The molecule has 5 aromatic carbocycles. The van der Waals surface area contributed by atoms with Crippen LogP contribution in [0.1, 0.15) is 55.4 Å². The van der Waals surface area contributed by atoms with Crippen molar-refractivity contribution in [2.45, 2.75) is 55.4 Å². The zero-order chi connectivity index (χ0) is 36.8. The zero-order valence-corrected chi connectivity index (χ0v) is 32.1. The van der Waals surface area contributed by atoms with Crippen LogP contribution in [0.4, 0.5) is 0 Å². The maximum absolute atomic E-state index is 13.8. The minimum absolute atomic E-state index is 0.230. The first-order chi connectivity index (χ1) is 24.0. The van der Waals surface area contributed by atoms with Crippen molar-refractivity contribution in [3.8, 4) is 28.7 Å². The second-order valence-corrected chi connectivity index (χ2v) is 11.0. The summed E-state index contributed by atoms with van der Waals surface area (Å²) in [5, 5.41) is 0.397. The van der Waals surface area contributed by atoms with Gasteiger partial charge in [0.1, 0.15) is 17.2 Å². The lowest BCUT2D eigenvalue weighted by Gasteiger charge is -2.20. The third kappa shape index (κ3) is 18.0. The molecule has 8 nitrogen and oxygen atoms in total. The van der Waals surface area contributed by atoms with E-state index in [1.165, 1.54) is 6.07 Å². The quantitative estimate of drug-likeness (QED) is 0.124. The third-order valence-electron chi connectivity index (χ3n) is 5.06. The Hall–Kier alpha value is -4.47. The normalized spacial score (nSPS) is 10.6. The van der Waals surface area contributed by atoms with Crippen molar-refractivity contribution >= 4 is 29.8 Å². The lowest BCUT2D eigenvalue weighted by Crippen LogP contribution is -2.14. The molecule has 49 heavy (non-hydrogen) atoms. The standard InChI is InChI=1S/C24H19O6P2.C6H5O2P.4C2H6/c25-31(27-20-11-4-1-5-12-20)28-22-15-10-16-23(19-22)30-32(26,24-17-8-3-9-18-24)29-21-13-6-2-7-14-21;7-9-8-6-4-2-1-3-5-6;4*1-2/h1-19H;1-5H;4*1-2H3/q+1;;;;;. The Morgan fingerprint density at radius 1 is 0.469 bits per heavy atom. The molecule has 0 aliphatic heterocycles. The molecule has 0 aromatic heterocycles. The highest BCUT2D eigenvalue weighted by molar-refractivity contribution is 7.63. The van der Waals surface area contributed by atoms with E-state index >= 15 is 0 Å². The van der Waals surface area contributed by atoms with Crippen LogP contribution in [0.15, 0.2) is 146 Å². The van der Waals surface area contributed by atoms with Crippen molar-refractivity contribution in [3.63, 3.8) is 0 Å². The Labute approximate surface area is 295 Å². The molecular weight excluding hydrogens is 677 g/mol. The third-order valence-corrected chi connectivity index (χ3v) is 7.90. The van der Waals surface area contributed by atoms with E-state index < -0.39 is 15.9 Å². The topological polar surface area (TPSA) is 97.4 Å². The van der Waals surface area contributed by atoms with Gasteiger partial charge in [0.25, 0.3) is 0 Å². The van der Waals surface area contributed by atoms with Crippen LogP contribution in [0.3, 0.4) is 0 Å². The number of para-hydroxylation sites is 3. The summed E-state index contributed by atoms with van der Waals surface area (Å²) in [6.45, 7) is 16.0. The van der Waals surface area contributed by atoms with Crippen molar-refractivity contribution in [1.82, 2.24) is 0 Å². The molecule has 0 bridgehead atoms. The minimum atomic E-state index is -3.78. The van der Waals surface area contributed by atoms with Crippen LogP contribution in [0, 0.1) is 0 Å². The van der Waals surface area contributed by atoms with Gasteiger partial charge in [-0.25, -0.2) is 18.2 Å². The Kier molecular flexibility index (Phi) is 25.9. The van der Waals surface area contributed by atoms with Crippen LogP contribution in [0.2, 0.25) is 0 Å². The summed E-state index contributed by atoms with van der Waals surface area (Å²) < 4.78 is 62.8. The highest BCUT2D eigenvalue weighted by Crippen LogP contribution is 2.48. The van der Waals surface area contributed by atoms with Gasteiger partial charge < -0.3 is 13.6 Å². The molecule has 262 valence electrons. The summed E-state index contributed by atoms with van der Waals surface area (Å²) in [5.41, 5.74) is 0. The maximum Gasteiger partial charge on any atom is 0.805 e. The fourth-order valence-corrected chi connectivity index (χ4v) is 5.68. The van der Waals surface area contributed by atoms with Crippen LogP contribution in [-0.4, -0.2) is 0 Å². The van der Waals surface area contributed by atoms with E-state index in [0.29, 0.717) is 22.6 Å². The molecule has 2 unspecified atom stereocenters. The lowest BCUT2D eigenvalue weighted by atomic mass is 10.3. The SMILES string of the molecule is CC.CC.CC.CC.O=POc1ccccc1.O=[P+](Oc1ccccc1)Oc1cccc(OP(=O)(Oc2ccccc2)c2ccccc2)c1. The highest BCUT2D eigenvalue weighted by Gasteiger charge is 2.32. The first kappa shape index (κ1) is 44.5. The molecule has 5 aromatic rings. The molecule has 5 rings (SSSR count). The molecule has 0 amide bonds. The van der Waals surface area contributed by atoms with E-state index in [4.69, 9.17) is 18.1 Å². The first-order valence-corrected chi connectivity index (χ1v) is 19.5. The predicted octanol–water partition coefficient (Wildman–Crippen LogP) is 13.2. The van der Waals surface area contributed by atoms with E-state index in [9.17, 15) is 13.7 Å². The lowest BCUT2D eigenvalue weighted by molar-refractivity contribution is 0.397. The summed E-state index contributed by atoms with van der Waals surface area (Å²) in [6, 6.07) is 41.5. The largest absolute Gasteiger partial charge is 0.805 e. The van der Waals surface area contributed by atoms with Crippen molar-refractivity contribution in [2.24, 2.45) is 0 Å². The van der Waals surface area contributed by atoms with Crippen LogP contribution < -0.4 is 27.9 Å². The van der Waals surface area contributed by atoms with E-state index in [-0.39, 0.29) is 20.2 Å². The van der Waals surface area contributed by atoms with E-state index in [2.05, 4.69) is 4.52 Å². The molecule has 0 saturated heterocycles. The molecule has 0 spiro atoms. The monoisotopic (exact) mass is 725 g/mol. The molecule has 0 aliphatic rings. The van der Waals surface area contributed by atoms with Gasteiger partial charge in [-0.1, -0.05) is 134 Å². The summed E-state index contributed by atoms with van der Waals surface area (Å²) in [5.74, 6) is 1.92. The predicted molar refractivity (Wildman–Crippen MR) is 203 cm³/mol. The smallest absolute Gasteiger partial charge is 0.413 e. The Morgan fingerprint density at radius 3 is 1.33 bits per heavy atom. The maximum atomic E-state index is 13.8. The minimum Gasteiger partial charge on any atom is -0.413 e. The Balaban J connectivity index is 0.00000114. The van der Waals surface area contributed by atoms with Gasteiger partial charge in [0.05, 0.1) is 5.30 Å². The van der Waals surface area contributed by atoms with Crippen LogP contribution in [-0.2, 0) is 13.7 Å². The summed E-state index contributed by atoms with van der Waals surface area (Å²) in [4.78, 5) is 0. The summed E-state index contributed by atoms with van der Waals surface area (Å²) in [7, 11) is -6.56. The average molecular weight is 726 g/mol. The van der Waals surface area contributed by atoms with Crippen molar-refractivity contribution in [2.75, 3.05) is 0 Å². The van der Waals surface area contributed by atoms with Gasteiger partial charge in [0, 0.05) is 10.6 Å². The molecule has 0 aliphatic carbocycles. The fourth-order valence-electron chi connectivity index (χ4n) is 3.28. The van der Waals surface area contributed by atoms with Gasteiger partial charge >= 0.3 is 24.5 Å². The molecule has 0 radical (unpaired) electrons. The zero-order valence-electron chi connectivity index (χ0n) is 29.5. The van der Waals surface area contributed by atoms with Crippen LogP contribution in [0.25, 0.3) is 0 Å². The molecule has 0 fully saturated rings. The molecule has 2 atom stereocenters. The molecule has 0 saturated carbocycles. The van der Waals surface area contributed by atoms with Gasteiger partial charge in [-0.05, 0) is 60.7 Å². The highest BCUT2D eigenvalue weighted by atomic mass is 31.2. The van der Waals surface area contributed by atoms with Crippen LogP contribution >= 0.6 is 24.5 Å². The number of hydrogen-bond donors (Lipinski definition) is 0. The van der Waals surface area contributed by atoms with Crippen molar-refractivity contribution in [1.29, 1.82) is 0 Å². The van der Waals surface area contributed by atoms with Gasteiger partial charge in [-0.3, -0.25) is 0 Å². The number of rotatable bonds is 11. The Bertz CT molecular complexity index is 1570. The molecule has 0 N–H and O–H groups in total. The number of hydrogen-bond acceptors (Lipinski definition) is 8. The second-order valence-electron chi connectivity index (χ2n) is 8.00. The summed E-state index contributed by atoms with van der Waals surface area (Å²) >= 11 is 0. The van der Waals surface area contributed by atoms with E-state index in [1.807, 2.05) is 91.8 Å². The fraction of sp³-hybridized carbons (Fsp3) is 0.211. The van der Waals surface area contributed by atoms with E-state index in [0.717, 1.165) is 0 Å². The molecule has 0 heterocycles. The second kappa shape index (κ2) is 28.5. The van der Waals surface area contributed by atoms with Crippen molar-refractivity contribution in [3.05, 3.63) is 146 Å². The van der Waals surface area contributed by atoms with Crippen molar-refractivity contribution < 1.29 is 36.3 Å². The average Bonchev–Trinajstić information content (AvgIpc) is 3.17. The summed E-state index contributed by atoms with van der Waals surface area (Å²) in [6.07, 6.45) is 0. The first-order valence-electron chi connectivity index (χ1n) is 16.2. The van der Waals surface area contributed by atoms with Gasteiger partial charge in [-0.2, -0.15) is 0 Å². The van der Waals surface area contributed by atoms with Gasteiger partial charge in [-0.15, -0.1) is 0 Å². The molecular formula is C38H48O8P3+. The van der Waals surface area contributed by atoms with Gasteiger partial charge in [0.2, 0.25) is 0 Å². The van der Waals surface area contributed by atoms with E-state index in [1.54, 1.807) is 103 Å². The molecule has 11 heteroatoms. The van der Waals surface area contributed by atoms with Crippen LogP contribution in [0.5, 0.6) is 28.7 Å². The van der Waals surface area contributed by atoms with Gasteiger partial charge in [0.15, 0.2) is 11.5 Å². The number of benzene rings is 5.